The molecule has 1 atom stereocenters. The smallest absolute Gasteiger partial charge is 0.323 e. The Hall–Kier alpha value is -1.49. The van der Waals surface area contributed by atoms with Crippen molar-refractivity contribution in [3.05, 3.63) is 41.2 Å². The quantitative estimate of drug-likeness (QED) is 0.713. The van der Waals surface area contributed by atoms with Gasteiger partial charge in [-0.25, -0.2) is 4.98 Å². The maximum Gasteiger partial charge on any atom is 0.435 e. The molecule has 0 radical (unpaired) electrons. The first-order valence-corrected chi connectivity index (χ1v) is 6.79. The lowest BCUT2D eigenvalue weighted by Gasteiger charge is -2.25. The molecule has 1 unspecified atom stereocenters. The molecule has 0 amide bonds. The number of rotatable bonds is 1. The van der Waals surface area contributed by atoms with Crippen molar-refractivity contribution >= 4 is 11.6 Å². The Bertz CT molecular complexity index is 661. The van der Waals surface area contributed by atoms with Gasteiger partial charge in [0.2, 0.25) is 0 Å². The predicted octanol–water partition coefficient (Wildman–Crippen LogP) is 4.42. The maximum atomic E-state index is 13.1. The van der Waals surface area contributed by atoms with E-state index < -0.39 is 11.9 Å². The second kappa shape index (κ2) is 4.52. The molecule has 106 valence electrons. The summed E-state index contributed by atoms with van der Waals surface area (Å²) in [5.74, 6) is 0.163. The Balaban J connectivity index is 2.30. The Morgan fingerprint density at radius 2 is 2.05 bits per heavy atom. The summed E-state index contributed by atoms with van der Waals surface area (Å²) in [6, 6.07) is 7.34. The van der Waals surface area contributed by atoms with Crippen molar-refractivity contribution in [2.45, 2.75) is 31.4 Å². The normalized spacial score (nSPS) is 17.8. The third kappa shape index (κ3) is 1.92. The van der Waals surface area contributed by atoms with Gasteiger partial charge in [0.05, 0.1) is 11.6 Å². The second-order valence-corrected chi connectivity index (χ2v) is 5.21. The Morgan fingerprint density at radius 1 is 1.35 bits per heavy atom. The van der Waals surface area contributed by atoms with Crippen LogP contribution in [0.3, 0.4) is 0 Å². The minimum Gasteiger partial charge on any atom is -0.323 e. The highest BCUT2D eigenvalue weighted by atomic mass is 35.5. The monoisotopic (exact) mass is 300 g/mol. The van der Waals surface area contributed by atoms with Gasteiger partial charge in [-0.15, -0.1) is 11.6 Å². The first kappa shape index (κ1) is 13.5. The Labute approximate surface area is 119 Å². The topological polar surface area (TPSA) is 17.8 Å². The summed E-state index contributed by atoms with van der Waals surface area (Å²) in [6.07, 6.45) is -3.80. The van der Waals surface area contributed by atoms with Gasteiger partial charge < -0.3 is 4.57 Å². The van der Waals surface area contributed by atoms with E-state index in [0.717, 1.165) is 11.1 Å². The fraction of sp³-hybridized carbons (Fsp3) is 0.357. The summed E-state index contributed by atoms with van der Waals surface area (Å²) >= 11 is 5.75. The molecule has 0 aliphatic carbocycles. The van der Waals surface area contributed by atoms with E-state index in [1.54, 1.807) is 10.6 Å². The summed E-state index contributed by atoms with van der Waals surface area (Å²) < 4.78 is 40.9. The van der Waals surface area contributed by atoms with Crippen LogP contribution >= 0.6 is 11.6 Å². The second-order valence-electron chi connectivity index (χ2n) is 4.94. The summed E-state index contributed by atoms with van der Waals surface area (Å²) in [4.78, 5) is 3.84. The van der Waals surface area contributed by atoms with Crippen LogP contribution < -0.4 is 0 Å². The largest absolute Gasteiger partial charge is 0.435 e. The molecule has 1 aliphatic heterocycles. The molecule has 2 aromatic rings. The minimum atomic E-state index is -4.48. The van der Waals surface area contributed by atoms with Crippen molar-refractivity contribution in [3.63, 3.8) is 0 Å². The number of aromatic nitrogens is 2. The molecule has 2 heterocycles. The molecule has 1 aliphatic rings. The van der Waals surface area contributed by atoms with E-state index in [1.165, 1.54) is 0 Å². The van der Waals surface area contributed by atoms with Gasteiger partial charge in [0.25, 0.3) is 0 Å². The molecule has 0 bridgehead atoms. The van der Waals surface area contributed by atoms with Crippen molar-refractivity contribution in [2.75, 3.05) is 0 Å². The van der Waals surface area contributed by atoms with Crippen molar-refractivity contribution in [1.82, 2.24) is 9.55 Å². The van der Waals surface area contributed by atoms with Gasteiger partial charge in [-0.1, -0.05) is 24.3 Å². The third-order valence-electron chi connectivity index (χ3n) is 3.62. The molecular formula is C14H12ClF3N2. The Morgan fingerprint density at radius 3 is 2.70 bits per heavy atom. The molecule has 2 nitrogen and oxygen atoms in total. The van der Waals surface area contributed by atoms with Gasteiger partial charge in [0.15, 0.2) is 5.69 Å². The Kier molecular flexibility index (Phi) is 3.05. The number of alkyl halides is 4. The van der Waals surface area contributed by atoms with Crippen LogP contribution in [0.2, 0.25) is 0 Å². The number of benzene rings is 1. The van der Waals surface area contributed by atoms with E-state index in [9.17, 15) is 13.2 Å². The van der Waals surface area contributed by atoms with E-state index in [2.05, 4.69) is 4.98 Å². The average Bonchev–Trinajstić information content (AvgIpc) is 2.79. The molecule has 20 heavy (non-hydrogen) atoms. The zero-order valence-electron chi connectivity index (χ0n) is 10.7. The number of nitrogens with zero attached hydrogens (tertiary/aromatic N) is 2. The number of hydrogen-bond donors (Lipinski definition) is 0. The lowest BCUT2D eigenvalue weighted by molar-refractivity contribution is -0.141. The number of imidazole rings is 1. The van der Waals surface area contributed by atoms with E-state index in [4.69, 9.17) is 11.6 Å². The predicted molar refractivity (Wildman–Crippen MR) is 70.6 cm³/mol. The fourth-order valence-corrected chi connectivity index (χ4v) is 3.07. The van der Waals surface area contributed by atoms with E-state index >= 15 is 0 Å². The molecule has 0 spiro atoms. The highest BCUT2D eigenvalue weighted by Gasteiger charge is 2.40. The van der Waals surface area contributed by atoms with Gasteiger partial charge in [0, 0.05) is 11.6 Å². The number of hydrogen-bond acceptors (Lipinski definition) is 1. The molecule has 0 fully saturated rings. The standard InChI is InChI=1S/C14H12ClF3N2/c1-8-6-9-4-2-3-5-10(9)13-19-12(14(16,17)18)11(7-15)20(8)13/h2-5,8H,6-7H2,1H3. The maximum absolute atomic E-state index is 13.1. The fourth-order valence-electron chi connectivity index (χ4n) is 2.81. The van der Waals surface area contributed by atoms with Gasteiger partial charge >= 0.3 is 6.18 Å². The summed E-state index contributed by atoms with van der Waals surface area (Å²) in [5.41, 5.74) is 0.960. The molecule has 0 saturated carbocycles. The molecule has 1 aromatic heterocycles. The lowest BCUT2D eigenvalue weighted by Crippen LogP contribution is -2.18. The van der Waals surface area contributed by atoms with Gasteiger partial charge in [-0.2, -0.15) is 13.2 Å². The van der Waals surface area contributed by atoms with Gasteiger partial charge in [-0.05, 0) is 18.9 Å². The van der Waals surface area contributed by atoms with Crippen molar-refractivity contribution < 1.29 is 13.2 Å². The molecule has 6 heteroatoms. The van der Waals surface area contributed by atoms with Crippen LogP contribution in [0.25, 0.3) is 11.4 Å². The molecule has 0 N–H and O–H groups in total. The van der Waals surface area contributed by atoms with Crippen LogP contribution in [0.15, 0.2) is 24.3 Å². The first-order valence-electron chi connectivity index (χ1n) is 6.26. The van der Waals surface area contributed by atoms with Crippen LogP contribution in [0, 0.1) is 0 Å². The van der Waals surface area contributed by atoms with Crippen molar-refractivity contribution in [2.24, 2.45) is 0 Å². The molecular weight excluding hydrogens is 289 g/mol. The SMILES string of the molecule is CC1Cc2ccccc2-c2nc(C(F)(F)F)c(CCl)n21. The number of halogens is 4. The zero-order valence-corrected chi connectivity index (χ0v) is 11.5. The molecule has 3 rings (SSSR count). The van der Waals surface area contributed by atoms with Crippen LogP contribution in [-0.2, 0) is 18.5 Å². The zero-order chi connectivity index (χ0) is 14.5. The van der Waals surface area contributed by atoms with Crippen LogP contribution in [0.1, 0.15) is 29.9 Å². The average molecular weight is 301 g/mol. The highest BCUT2D eigenvalue weighted by molar-refractivity contribution is 6.17. The lowest BCUT2D eigenvalue weighted by atomic mass is 9.96. The van der Waals surface area contributed by atoms with Crippen molar-refractivity contribution in [3.8, 4) is 11.4 Å². The molecule has 0 saturated heterocycles. The minimum absolute atomic E-state index is 0.0520. The first-order chi connectivity index (χ1) is 9.43. The van der Waals surface area contributed by atoms with Gasteiger partial charge in [-0.3, -0.25) is 0 Å². The van der Waals surface area contributed by atoms with Crippen LogP contribution in [0.4, 0.5) is 13.2 Å². The van der Waals surface area contributed by atoms with E-state index in [-0.39, 0.29) is 17.6 Å². The summed E-state index contributed by atoms with van der Waals surface area (Å²) in [6.45, 7) is 1.89. The van der Waals surface area contributed by atoms with Crippen LogP contribution in [-0.4, -0.2) is 9.55 Å². The number of fused-ring (bicyclic) bond motifs is 3. The van der Waals surface area contributed by atoms with Gasteiger partial charge in [0.1, 0.15) is 5.82 Å². The third-order valence-corrected chi connectivity index (χ3v) is 3.87. The van der Waals surface area contributed by atoms with Crippen molar-refractivity contribution in [1.29, 1.82) is 0 Å². The van der Waals surface area contributed by atoms with E-state index in [0.29, 0.717) is 12.2 Å². The highest BCUT2D eigenvalue weighted by Crippen LogP contribution is 2.41. The van der Waals surface area contributed by atoms with Crippen LogP contribution in [0.5, 0.6) is 0 Å². The summed E-state index contributed by atoms with van der Waals surface area (Å²) in [5, 5.41) is 0. The van der Waals surface area contributed by atoms with E-state index in [1.807, 2.05) is 25.1 Å². The summed E-state index contributed by atoms with van der Waals surface area (Å²) in [7, 11) is 0. The molecule has 1 aromatic carbocycles.